The van der Waals surface area contributed by atoms with Crippen molar-refractivity contribution in [2.75, 3.05) is 13.1 Å². The molecule has 1 fully saturated rings. The van der Waals surface area contributed by atoms with Crippen molar-refractivity contribution in [1.29, 1.82) is 0 Å². The molecule has 1 aliphatic heterocycles. The number of ether oxygens (including phenoxy) is 1. The van der Waals surface area contributed by atoms with Crippen LogP contribution in [0.3, 0.4) is 0 Å². The largest absolute Gasteiger partial charge is 0.444 e. The Labute approximate surface area is 157 Å². The van der Waals surface area contributed by atoms with Crippen LogP contribution in [0.25, 0.3) is 11.4 Å². The maximum Gasteiger partial charge on any atom is 0.410 e. The molecule has 1 aromatic carbocycles. The fourth-order valence-electron chi connectivity index (χ4n) is 2.89. The average Bonchev–Trinajstić information content (AvgIpc) is 3.29. The zero-order valence-corrected chi connectivity index (χ0v) is 16.0. The molecule has 8 nitrogen and oxygen atoms in total. The highest BCUT2D eigenvalue weighted by atomic mass is 16.6. The highest BCUT2D eigenvalue weighted by molar-refractivity contribution is 5.98. The molecule has 3 rings (SSSR count). The SMILES string of the molecule is CC(=NO)c1ccc(-c2noc([C@@H]3CCN(C(=O)OC(C)(C)C)C3)n2)cc1. The number of nitrogens with zero attached hydrogens (tertiary/aromatic N) is 4. The van der Waals surface area contributed by atoms with Gasteiger partial charge in [0, 0.05) is 18.7 Å². The maximum absolute atomic E-state index is 12.2. The van der Waals surface area contributed by atoms with Crippen molar-refractivity contribution in [2.24, 2.45) is 5.16 Å². The number of aromatic nitrogens is 2. The van der Waals surface area contributed by atoms with Gasteiger partial charge in [-0.25, -0.2) is 4.79 Å². The highest BCUT2D eigenvalue weighted by Gasteiger charge is 2.33. The summed E-state index contributed by atoms with van der Waals surface area (Å²) >= 11 is 0. The van der Waals surface area contributed by atoms with Crippen LogP contribution in [-0.2, 0) is 4.74 Å². The second-order valence-electron chi connectivity index (χ2n) is 7.63. The third kappa shape index (κ3) is 4.45. The van der Waals surface area contributed by atoms with Crippen LogP contribution in [0.5, 0.6) is 0 Å². The van der Waals surface area contributed by atoms with E-state index in [-0.39, 0.29) is 12.0 Å². The lowest BCUT2D eigenvalue weighted by Gasteiger charge is -2.24. The van der Waals surface area contributed by atoms with Gasteiger partial charge in [0.1, 0.15) is 5.60 Å². The zero-order valence-electron chi connectivity index (χ0n) is 16.0. The second-order valence-corrected chi connectivity index (χ2v) is 7.63. The number of oxime groups is 1. The van der Waals surface area contributed by atoms with Gasteiger partial charge in [0.25, 0.3) is 0 Å². The smallest absolute Gasteiger partial charge is 0.410 e. The predicted octanol–water partition coefficient (Wildman–Crippen LogP) is 3.66. The van der Waals surface area contributed by atoms with E-state index >= 15 is 0 Å². The Morgan fingerprint density at radius 3 is 2.67 bits per heavy atom. The van der Waals surface area contributed by atoms with Gasteiger partial charge in [-0.15, -0.1) is 0 Å². The van der Waals surface area contributed by atoms with Gasteiger partial charge in [-0.3, -0.25) is 0 Å². The highest BCUT2D eigenvalue weighted by Crippen LogP contribution is 2.29. The van der Waals surface area contributed by atoms with Crippen LogP contribution >= 0.6 is 0 Å². The van der Waals surface area contributed by atoms with Gasteiger partial charge < -0.3 is 19.4 Å². The Morgan fingerprint density at radius 2 is 2.04 bits per heavy atom. The molecule has 144 valence electrons. The quantitative estimate of drug-likeness (QED) is 0.501. The van der Waals surface area contributed by atoms with Crippen LogP contribution in [-0.4, -0.2) is 50.7 Å². The summed E-state index contributed by atoms with van der Waals surface area (Å²) in [7, 11) is 0. The number of benzene rings is 1. The van der Waals surface area contributed by atoms with Crippen molar-refractivity contribution in [3.05, 3.63) is 35.7 Å². The third-order valence-electron chi connectivity index (χ3n) is 4.34. The molecule has 27 heavy (non-hydrogen) atoms. The summed E-state index contributed by atoms with van der Waals surface area (Å²) in [4.78, 5) is 18.3. The number of hydrogen-bond donors (Lipinski definition) is 1. The number of likely N-dealkylation sites (tertiary alicyclic amines) is 1. The first-order chi connectivity index (χ1) is 12.8. The van der Waals surface area contributed by atoms with E-state index in [0.717, 1.165) is 17.5 Å². The molecule has 1 aliphatic rings. The predicted molar refractivity (Wildman–Crippen MR) is 98.9 cm³/mol. The number of hydrogen-bond acceptors (Lipinski definition) is 7. The lowest BCUT2D eigenvalue weighted by Crippen LogP contribution is -2.35. The summed E-state index contributed by atoms with van der Waals surface area (Å²) < 4.78 is 10.8. The van der Waals surface area contributed by atoms with E-state index in [0.29, 0.717) is 30.5 Å². The summed E-state index contributed by atoms with van der Waals surface area (Å²) in [5, 5.41) is 16.1. The Balaban J connectivity index is 1.67. The first kappa shape index (κ1) is 18.9. The minimum absolute atomic E-state index is 0.00167. The minimum atomic E-state index is -0.516. The van der Waals surface area contributed by atoms with Crippen LogP contribution in [0.1, 0.15) is 51.5 Å². The van der Waals surface area contributed by atoms with Crippen LogP contribution in [0, 0.1) is 0 Å². The molecule has 2 aromatic rings. The van der Waals surface area contributed by atoms with Gasteiger partial charge >= 0.3 is 6.09 Å². The number of rotatable bonds is 3. The summed E-state index contributed by atoms with van der Waals surface area (Å²) in [5.74, 6) is 1.01. The molecule has 0 unspecified atom stereocenters. The summed E-state index contributed by atoms with van der Waals surface area (Å²) in [6.07, 6.45) is 0.438. The van der Waals surface area contributed by atoms with Crippen molar-refractivity contribution >= 4 is 11.8 Å². The molecule has 0 aliphatic carbocycles. The van der Waals surface area contributed by atoms with Gasteiger partial charge in [0.2, 0.25) is 11.7 Å². The van der Waals surface area contributed by atoms with Gasteiger partial charge in [0.15, 0.2) is 0 Å². The molecule has 1 aromatic heterocycles. The molecule has 2 heterocycles. The molecule has 1 amide bonds. The van der Waals surface area contributed by atoms with E-state index in [4.69, 9.17) is 14.5 Å². The summed E-state index contributed by atoms with van der Waals surface area (Å²) in [5.41, 5.74) is 1.64. The number of carbonyl (C=O) groups excluding carboxylic acids is 1. The molecule has 0 spiro atoms. The van der Waals surface area contributed by atoms with E-state index in [1.165, 1.54) is 0 Å². The minimum Gasteiger partial charge on any atom is -0.444 e. The van der Waals surface area contributed by atoms with Crippen molar-refractivity contribution in [2.45, 2.75) is 45.6 Å². The van der Waals surface area contributed by atoms with E-state index in [2.05, 4.69) is 15.3 Å². The molecule has 0 radical (unpaired) electrons. The van der Waals surface area contributed by atoms with Crippen molar-refractivity contribution in [3.8, 4) is 11.4 Å². The lowest BCUT2D eigenvalue weighted by molar-refractivity contribution is 0.0291. The molecule has 1 atom stereocenters. The normalized spacial score (nSPS) is 18.0. The molecule has 8 heteroatoms. The zero-order chi connectivity index (χ0) is 19.6. The molecule has 1 N–H and O–H groups in total. The van der Waals surface area contributed by atoms with Gasteiger partial charge in [-0.2, -0.15) is 4.98 Å². The Bertz CT molecular complexity index is 836. The van der Waals surface area contributed by atoms with E-state index < -0.39 is 5.60 Å². The fraction of sp³-hybridized carbons (Fsp3) is 0.474. The van der Waals surface area contributed by atoms with Crippen LogP contribution in [0.15, 0.2) is 33.9 Å². The Morgan fingerprint density at radius 1 is 1.33 bits per heavy atom. The van der Waals surface area contributed by atoms with E-state index in [9.17, 15) is 4.79 Å². The standard InChI is InChI=1S/C19H24N4O4/c1-12(21-25)13-5-7-14(8-6-13)16-20-17(27-22-16)15-9-10-23(11-15)18(24)26-19(2,3)4/h5-8,15,25H,9-11H2,1-4H3/t15-/m1/s1. The lowest BCUT2D eigenvalue weighted by atomic mass is 10.1. The number of carbonyl (C=O) groups is 1. The van der Waals surface area contributed by atoms with Gasteiger partial charge in [-0.05, 0) is 39.7 Å². The maximum atomic E-state index is 12.2. The molecular formula is C19H24N4O4. The Kier molecular flexibility index (Phi) is 5.16. The summed E-state index contributed by atoms with van der Waals surface area (Å²) in [6.45, 7) is 8.37. The van der Waals surface area contributed by atoms with Crippen LogP contribution in [0.4, 0.5) is 4.79 Å². The molecule has 0 bridgehead atoms. The Hall–Kier alpha value is -2.90. The average molecular weight is 372 g/mol. The van der Waals surface area contributed by atoms with Gasteiger partial charge in [0.05, 0.1) is 11.6 Å². The van der Waals surface area contributed by atoms with Crippen molar-refractivity contribution in [3.63, 3.8) is 0 Å². The third-order valence-corrected chi connectivity index (χ3v) is 4.34. The summed E-state index contributed by atoms with van der Waals surface area (Å²) in [6, 6.07) is 7.36. The van der Waals surface area contributed by atoms with Crippen molar-refractivity contribution < 1.29 is 19.3 Å². The monoisotopic (exact) mass is 372 g/mol. The molecular weight excluding hydrogens is 348 g/mol. The first-order valence-electron chi connectivity index (χ1n) is 8.88. The van der Waals surface area contributed by atoms with E-state index in [1.807, 2.05) is 45.0 Å². The number of amides is 1. The van der Waals surface area contributed by atoms with Crippen LogP contribution in [0.2, 0.25) is 0 Å². The molecule has 0 saturated carbocycles. The topological polar surface area (TPSA) is 101 Å². The van der Waals surface area contributed by atoms with E-state index in [1.54, 1.807) is 11.8 Å². The molecule has 1 saturated heterocycles. The van der Waals surface area contributed by atoms with Crippen LogP contribution < -0.4 is 0 Å². The fourth-order valence-corrected chi connectivity index (χ4v) is 2.89. The second kappa shape index (κ2) is 7.38. The van der Waals surface area contributed by atoms with Crippen molar-refractivity contribution in [1.82, 2.24) is 15.0 Å². The first-order valence-corrected chi connectivity index (χ1v) is 8.88. The van der Waals surface area contributed by atoms with Gasteiger partial charge in [-0.1, -0.05) is 34.6 Å².